The van der Waals surface area contributed by atoms with E-state index < -0.39 is 5.54 Å². The van der Waals surface area contributed by atoms with E-state index in [1.54, 1.807) is 0 Å². The van der Waals surface area contributed by atoms with E-state index in [0.717, 1.165) is 37.4 Å². The first-order valence-corrected chi connectivity index (χ1v) is 6.95. The van der Waals surface area contributed by atoms with Crippen LogP contribution in [-0.4, -0.2) is 34.6 Å². The average Bonchev–Trinajstić information content (AvgIpc) is 2.95. The summed E-state index contributed by atoms with van der Waals surface area (Å²) in [6.07, 6.45) is 1.96. The lowest BCUT2D eigenvalue weighted by molar-refractivity contribution is -0.138. The van der Waals surface area contributed by atoms with Gasteiger partial charge in [-0.1, -0.05) is 12.1 Å². The SMILES string of the molecule is CCNC(C)(C)C(=O)N1CCCC1c1cc(C)no1. The third-order valence-corrected chi connectivity index (χ3v) is 3.64. The summed E-state index contributed by atoms with van der Waals surface area (Å²) in [4.78, 5) is 14.6. The average molecular weight is 265 g/mol. The van der Waals surface area contributed by atoms with E-state index in [1.807, 2.05) is 38.7 Å². The Morgan fingerprint density at radius 2 is 2.37 bits per heavy atom. The van der Waals surface area contributed by atoms with Gasteiger partial charge in [0.05, 0.1) is 17.3 Å². The molecule has 0 aromatic carbocycles. The number of carbonyl (C=O) groups excluding carboxylic acids is 1. The van der Waals surface area contributed by atoms with E-state index in [9.17, 15) is 4.79 Å². The van der Waals surface area contributed by atoms with Crippen LogP contribution in [0.2, 0.25) is 0 Å². The van der Waals surface area contributed by atoms with Crippen molar-refractivity contribution in [3.8, 4) is 0 Å². The molecule has 1 N–H and O–H groups in total. The maximum Gasteiger partial charge on any atom is 0.242 e. The summed E-state index contributed by atoms with van der Waals surface area (Å²) in [5, 5.41) is 7.16. The van der Waals surface area contributed by atoms with Gasteiger partial charge in [-0.25, -0.2) is 0 Å². The number of nitrogens with one attached hydrogen (secondary N) is 1. The Hall–Kier alpha value is -1.36. The standard InChI is InChI=1S/C14H23N3O2/c1-5-15-14(3,4)13(18)17-8-6-7-11(17)12-9-10(2)16-19-12/h9,11,15H,5-8H2,1-4H3. The van der Waals surface area contributed by atoms with E-state index in [0.29, 0.717) is 0 Å². The summed E-state index contributed by atoms with van der Waals surface area (Å²) in [6, 6.07) is 1.96. The molecular weight excluding hydrogens is 242 g/mol. The van der Waals surface area contributed by atoms with Crippen molar-refractivity contribution < 1.29 is 9.32 Å². The number of likely N-dealkylation sites (tertiary alicyclic amines) is 1. The normalized spacial score (nSPS) is 20.0. The van der Waals surface area contributed by atoms with Crippen LogP contribution in [-0.2, 0) is 4.79 Å². The fraction of sp³-hybridized carbons (Fsp3) is 0.714. The molecule has 1 aromatic heterocycles. The van der Waals surface area contributed by atoms with Gasteiger partial charge in [0.2, 0.25) is 5.91 Å². The summed E-state index contributed by atoms with van der Waals surface area (Å²) < 4.78 is 5.34. The van der Waals surface area contributed by atoms with Crippen molar-refractivity contribution in [3.05, 3.63) is 17.5 Å². The number of hydrogen-bond acceptors (Lipinski definition) is 4. The maximum absolute atomic E-state index is 12.6. The number of carbonyl (C=O) groups is 1. The molecule has 1 atom stereocenters. The molecule has 1 unspecified atom stereocenters. The highest BCUT2D eigenvalue weighted by Crippen LogP contribution is 2.33. The van der Waals surface area contributed by atoms with Gasteiger partial charge in [-0.3, -0.25) is 4.79 Å². The smallest absolute Gasteiger partial charge is 0.242 e. The highest BCUT2D eigenvalue weighted by Gasteiger charge is 2.39. The van der Waals surface area contributed by atoms with Crippen LogP contribution in [0.15, 0.2) is 10.6 Å². The molecule has 1 fully saturated rings. The Bertz CT molecular complexity index is 453. The largest absolute Gasteiger partial charge is 0.359 e. The van der Waals surface area contributed by atoms with Crippen molar-refractivity contribution in [2.75, 3.05) is 13.1 Å². The number of nitrogens with zero attached hydrogens (tertiary/aromatic N) is 2. The van der Waals surface area contributed by atoms with Crippen LogP contribution in [0.1, 0.15) is 51.1 Å². The number of likely N-dealkylation sites (N-methyl/N-ethyl adjacent to an activating group) is 1. The minimum absolute atomic E-state index is 0.0339. The van der Waals surface area contributed by atoms with Crippen molar-refractivity contribution in [1.29, 1.82) is 0 Å². The van der Waals surface area contributed by atoms with Crippen LogP contribution in [0, 0.1) is 6.92 Å². The van der Waals surface area contributed by atoms with Gasteiger partial charge < -0.3 is 14.7 Å². The first kappa shape index (κ1) is 14.1. The molecule has 5 heteroatoms. The van der Waals surface area contributed by atoms with E-state index in [1.165, 1.54) is 0 Å². The minimum atomic E-state index is -0.535. The molecule has 19 heavy (non-hydrogen) atoms. The molecule has 5 nitrogen and oxygen atoms in total. The third-order valence-electron chi connectivity index (χ3n) is 3.64. The lowest BCUT2D eigenvalue weighted by atomic mass is 10.0. The Balaban J connectivity index is 2.17. The van der Waals surface area contributed by atoms with Crippen molar-refractivity contribution in [2.45, 2.75) is 52.1 Å². The van der Waals surface area contributed by atoms with Gasteiger partial charge in [0, 0.05) is 12.6 Å². The predicted molar refractivity (Wildman–Crippen MR) is 72.7 cm³/mol. The van der Waals surface area contributed by atoms with Gasteiger partial charge in [0.15, 0.2) is 5.76 Å². The van der Waals surface area contributed by atoms with Crippen LogP contribution in [0.25, 0.3) is 0 Å². The topological polar surface area (TPSA) is 58.4 Å². The van der Waals surface area contributed by atoms with E-state index in [2.05, 4.69) is 10.5 Å². The first-order chi connectivity index (χ1) is 8.95. The van der Waals surface area contributed by atoms with Crippen LogP contribution in [0.3, 0.4) is 0 Å². The summed E-state index contributed by atoms with van der Waals surface area (Å²) in [5.41, 5.74) is 0.326. The van der Waals surface area contributed by atoms with Crippen LogP contribution in [0.4, 0.5) is 0 Å². The van der Waals surface area contributed by atoms with Gasteiger partial charge in [0.25, 0.3) is 0 Å². The molecule has 2 rings (SSSR count). The van der Waals surface area contributed by atoms with Crippen molar-refractivity contribution in [3.63, 3.8) is 0 Å². The molecule has 0 bridgehead atoms. The molecule has 106 valence electrons. The summed E-state index contributed by atoms with van der Waals surface area (Å²) in [7, 11) is 0. The molecule has 1 aromatic rings. The Morgan fingerprint density at radius 3 is 2.95 bits per heavy atom. The molecule has 2 heterocycles. The van der Waals surface area contributed by atoms with Gasteiger partial charge in [-0.05, 0) is 40.2 Å². The van der Waals surface area contributed by atoms with Crippen LogP contribution < -0.4 is 5.32 Å². The molecule has 1 aliphatic heterocycles. The van der Waals surface area contributed by atoms with Gasteiger partial charge >= 0.3 is 0 Å². The predicted octanol–water partition coefficient (Wildman–Crippen LogP) is 2.03. The number of aryl methyl sites for hydroxylation is 1. The quantitative estimate of drug-likeness (QED) is 0.905. The summed E-state index contributed by atoms with van der Waals surface area (Å²) >= 11 is 0. The van der Waals surface area contributed by atoms with Gasteiger partial charge in [0.1, 0.15) is 0 Å². The lowest BCUT2D eigenvalue weighted by Crippen LogP contribution is -2.53. The fourth-order valence-electron chi connectivity index (χ4n) is 2.72. The fourth-order valence-corrected chi connectivity index (χ4v) is 2.72. The highest BCUT2D eigenvalue weighted by atomic mass is 16.5. The van der Waals surface area contributed by atoms with E-state index >= 15 is 0 Å². The number of hydrogen-bond donors (Lipinski definition) is 1. The second-order valence-corrected chi connectivity index (χ2v) is 5.68. The van der Waals surface area contributed by atoms with Crippen molar-refractivity contribution in [1.82, 2.24) is 15.4 Å². The highest BCUT2D eigenvalue weighted by molar-refractivity contribution is 5.86. The molecule has 0 spiro atoms. The molecule has 0 radical (unpaired) electrons. The first-order valence-electron chi connectivity index (χ1n) is 6.95. The lowest BCUT2D eigenvalue weighted by Gasteiger charge is -2.32. The zero-order chi connectivity index (χ0) is 14.0. The molecule has 1 saturated heterocycles. The molecule has 1 amide bonds. The van der Waals surface area contributed by atoms with Crippen molar-refractivity contribution in [2.24, 2.45) is 0 Å². The van der Waals surface area contributed by atoms with E-state index in [-0.39, 0.29) is 11.9 Å². The third kappa shape index (κ3) is 2.81. The number of rotatable bonds is 4. The summed E-state index contributed by atoms with van der Waals surface area (Å²) in [5.74, 6) is 0.932. The van der Waals surface area contributed by atoms with Crippen LogP contribution >= 0.6 is 0 Å². The molecule has 0 saturated carbocycles. The maximum atomic E-state index is 12.6. The molecule has 1 aliphatic rings. The molecular formula is C14H23N3O2. The zero-order valence-corrected chi connectivity index (χ0v) is 12.2. The van der Waals surface area contributed by atoms with Crippen molar-refractivity contribution >= 4 is 5.91 Å². The monoisotopic (exact) mass is 265 g/mol. The van der Waals surface area contributed by atoms with Gasteiger partial charge in [-0.15, -0.1) is 0 Å². The van der Waals surface area contributed by atoms with Gasteiger partial charge in [-0.2, -0.15) is 0 Å². The second-order valence-electron chi connectivity index (χ2n) is 5.68. The van der Waals surface area contributed by atoms with E-state index in [4.69, 9.17) is 4.52 Å². The Kier molecular flexibility index (Phi) is 3.94. The molecule has 0 aliphatic carbocycles. The summed E-state index contributed by atoms with van der Waals surface area (Å²) in [6.45, 7) is 9.34. The van der Waals surface area contributed by atoms with Crippen LogP contribution in [0.5, 0.6) is 0 Å². The Labute approximate surface area is 114 Å². The minimum Gasteiger partial charge on any atom is -0.359 e. The number of amides is 1. The Morgan fingerprint density at radius 1 is 1.63 bits per heavy atom. The zero-order valence-electron chi connectivity index (χ0n) is 12.2. The second kappa shape index (κ2) is 5.33. The number of aromatic nitrogens is 1.